The molecule has 0 aliphatic carbocycles. The number of fused-ring (bicyclic) bond motifs is 2. The Labute approximate surface area is 137 Å². The second-order valence-corrected chi connectivity index (χ2v) is 6.28. The summed E-state index contributed by atoms with van der Waals surface area (Å²) in [6.45, 7) is 1.04. The maximum atomic E-state index is 11.0. The number of nitrogens with zero attached hydrogens (tertiary/aromatic N) is 1. The summed E-state index contributed by atoms with van der Waals surface area (Å²) in [6, 6.07) is 11.9. The molecule has 4 heteroatoms. The van der Waals surface area contributed by atoms with E-state index in [0.717, 1.165) is 27.6 Å². The van der Waals surface area contributed by atoms with Crippen molar-refractivity contribution in [2.24, 2.45) is 0 Å². The van der Waals surface area contributed by atoms with Crippen LogP contribution in [0.2, 0.25) is 5.02 Å². The van der Waals surface area contributed by atoms with Gasteiger partial charge in [-0.15, -0.1) is 0 Å². The zero-order chi connectivity index (χ0) is 14.8. The smallest absolute Gasteiger partial charge is 0.139 e. The van der Waals surface area contributed by atoms with Crippen LogP contribution in [0, 0.1) is 0 Å². The molecular weight excluding hydrogens is 350 g/mol. The summed E-state index contributed by atoms with van der Waals surface area (Å²) >= 11 is 9.59. The minimum atomic E-state index is 0.356. The Hall–Kier alpha value is -1.58. The van der Waals surface area contributed by atoms with E-state index < -0.39 is 0 Å². The summed E-state index contributed by atoms with van der Waals surface area (Å²) in [5.74, 6) is 0. The first kappa shape index (κ1) is 14.4. The quantitative estimate of drug-likeness (QED) is 0.716. The largest absolute Gasteiger partial charge is 0.360 e. The molecule has 0 saturated heterocycles. The van der Waals surface area contributed by atoms with Gasteiger partial charge in [0.25, 0.3) is 0 Å². The third-order valence-corrected chi connectivity index (χ3v) is 4.26. The molecule has 0 N–H and O–H groups in total. The number of halogens is 2. The highest BCUT2D eigenvalue weighted by Gasteiger charge is 2.15. The van der Waals surface area contributed by atoms with Crippen molar-refractivity contribution >= 4 is 51.7 Å². The van der Waals surface area contributed by atoms with E-state index in [1.807, 2.05) is 30.3 Å². The number of carbonyl (C=O) groups is 1. The summed E-state index contributed by atoms with van der Waals surface area (Å²) < 4.78 is 1.04. The van der Waals surface area contributed by atoms with E-state index in [0.29, 0.717) is 18.1 Å². The Morgan fingerprint density at radius 1 is 1.14 bits per heavy atom. The molecule has 106 valence electrons. The molecule has 3 rings (SSSR count). The molecule has 1 aliphatic heterocycles. The molecule has 0 aromatic heterocycles. The van der Waals surface area contributed by atoms with Crippen LogP contribution in [0.1, 0.15) is 16.7 Å². The summed E-state index contributed by atoms with van der Waals surface area (Å²) in [6.07, 6.45) is 5.07. The van der Waals surface area contributed by atoms with Gasteiger partial charge in [0.15, 0.2) is 0 Å². The molecule has 1 aliphatic rings. The van der Waals surface area contributed by atoms with Crippen molar-refractivity contribution in [1.82, 2.24) is 0 Å². The van der Waals surface area contributed by atoms with E-state index in [4.69, 9.17) is 11.6 Å². The van der Waals surface area contributed by atoms with Crippen LogP contribution in [0.4, 0.5) is 5.69 Å². The zero-order valence-electron chi connectivity index (χ0n) is 11.2. The van der Waals surface area contributed by atoms with Gasteiger partial charge in [-0.3, -0.25) is 0 Å². The van der Waals surface area contributed by atoms with Crippen molar-refractivity contribution < 1.29 is 4.79 Å². The lowest BCUT2D eigenvalue weighted by Crippen LogP contribution is -2.26. The van der Waals surface area contributed by atoms with Gasteiger partial charge in [-0.25, -0.2) is 0 Å². The predicted molar refractivity (Wildman–Crippen MR) is 91.6 cm³/mol. The standard InChI is InChI=1S/C17H13BrClNO/c18-15-4-3-12-1-2-13-10-16(19)5-6-17(13)20(7-8-21)11-14(12)9-15/h1-6,8-10H,7,11H2/b2-1-. The number of hydrogen-bond acceptors (Lipinski definition) is 2. The highest BCUT2D eigenvalue weighted by Crippen LogP contribution is 2.31. The normalized spacial score (nSPS) is 14.7. The van der Waals surface area contributed by atoms with Crippen molar-refractivity contribution in [2.75, 3.05) is 11.4 Å². The first-order valence-corrected chi connectivity index (χ1v) is 7.79. The topological polar surface area (TPSA) is 20.3 Å². The first-order chi connectivity index (χ1) is 10.2. The summed E-state index contributed by atoms with van der Waals surface area (Å²) in [4.78, 5) is 13.1. The molecule has 0 spiro atoms. The van der Waals surface area contributed by atoms with E-state index in [-0.39, 0.29) is 0 Å². The predicted octanol–water partition coefficient (Wildman–Crippen LogP) is 4.79. The molecule has 0 bridgehead atoms. The maximum absolute atomic E-state index is 11.0. The van der Waals surface area contributed by atoms with Gasteiger partial charge in [0.05, 0.1) is 6.54 Å². The van der Waals surface area contributed by atoms with E-state index in [1.165, 1.54) is 5.56 Å². The number of anilines is 1. The van der Waals surface area contributed by atoms with Gasteiger partial charge in [-0.1, -0.05) is 45.7 Å². The van der Waals surface area contributed by atoms with Crippen molar-refractivity contribution in [3.63, 3.8) is 0 Å². The summed E-state index contributed by atoms with van der Waals surface area (Å²) in [5, 5.41) is 0.695. The summed E-state index contributed by atoms with van der Waals surface area (Å²) in [5.41, 5.74) is 4.38. The van der Waals surface area contributed by atoms with Crippen molar-refractivity contribution in [1.29, 1.82) is 0 Å². The number of hydrogen-bond donors (Lipinski definition) is 0. The van der Waals surface area contributed by atoms with Crippen LogP contribution >= 0.6 is 27.5 Å². The van der Waals surface area contributed by atoms with Crippen LogP contribution in [0.5, 0.6) is 0 Å². The number of benzene rings is 2. The third kappa shape index (κ3) is 3.04. The molecule has 0 atom stereocenters. The number of carbonyl (C=O) groups excluding carboxylic acids is 1. The maximum Gasteiger partial charge on any atom is 0.139 e. The third-order valence-electron chi connectivity index (χ3n) is 3.53. The minimum Gasteiger partial charge on any atom is -0.360 e. The van der Waals surface area contributed by atoms with Crippen molar-refractivity contribution in [3.8, 4) is 0 Å². The lowest BCUT2D eigenvalue weighted by molar-refractivity contribution is -0.106. The Balaban J connectivity index is 2.15. The average Bonchev–Trinajstić information content (AvgIpc) is 2.44. The molecule has 0 amide bonds. The van der Waals surface area contributed by atoms with E-state index in [1.54, 1.807) is 0 Å². The molecule has 0 radical (unpaired) electrons. The summed E-state index contributed by atoms with van der Waals surface area (Å²) in [7, 11) is 0. The molecule has 0 unspecified atom stereocenters. The molecule has 21 heavy (non-hydrogen) atoms. The van der Waals surface area contributed by atoms with Crippen LogP contribution in [0.3, 0.4) is 0 Å². The van der Waals surface area contributed by atoms with Crippen LogP contribution in [0.15, 0.2) is 40.9 Å². The molecule has 2 aromatic rings. The van der Waals surface area contributed by atoms with E-state index >= 15 is 0 Å². The zero-order valence-corrected chi connectivity index (χ0v) is 13.6. The highest BCUT2D eigenvalue weighted by molar-refractivity contribution is 9.10. The Kier molecular flexibility index (Phi) is 4.13. The monoisotopic (exact) mass is 361 g/mol. The lowest BCUT2D eigenvalue weighted by atomic mass is 10.0. The first-order valence-electron chi connectivity index (χ1n) is 6.62. The van der Waals surface area contributed by atoms with E-state index in [9.17, 15) is 4.79 Å². The SMILES string of the molecule is O=CCN1Cc2cc(Br)ccc2/C=C\c2cc(Cl)ccc21. The van der Waals surface area contributed by atoms with Crippen LogP contribution in [-0.2, 0) is 11.3 Å². The second-order valence-electron chi connectivity index (χ2n) is 4.93. The number of aldehydes is 1. The fourth-order valence-corrected chi connectivity index (χ4v) is 3.13. The van der Waals surface area contributed by atoms with Gasteiger partial charge < -0.3 is 9.69 Å². The molecule has 0 fully saturated rings. The molecule has 2 nitrogen and oxygen atoms in total. The molecule has 2 aromatic carbocycles. The van der Waals surface area contributed by atoms with Gasteiger partial charge in [-0.05, 0) is 47.0 Å². The fourth-order valence-electron chi connectivity index (χ4n) is 2.54. The van der Waals surface area contributed by atoms with E-state index in [2.05, 4.69) is 39.0 Å². The molecular formula is C17H13BrClNO. The minimum absolute atomic E-state index is 0.356. The van der Waals surface area contributed by atoms with Crippen molar-refractivity contribution in [2.45, 2.75) is 6.54 Å². The van der Waals surface area contributed by atoms with Crippen LogP contribution in [0.25, 0.3) is 12.2 Å². The molecule has 1 heterocycles. The van der Waals surface area contributed by atoms with Gasteiger partial charge in [0, 0.05) is 21.7 Å². The highest BCUT2D eigenvalue weighted by atomic mass is 79.9. The van der Waals surface area contributed by atoms with Gasteiger partial charge >= 0.3 is 0 Å². The fraction of sp³-hybridized carbons (Fsp3) is 0.118. The van der Waals surface area contributed by atoms with Crippen LogP contribution in [-0.4, -0.2) is 12.8 Å². The Morgan fingerprint density at radius 3 is 2.76 bits per heavy atom. The van der Waals surface area contributed by atoms with Crippen LogP contribution < -0.4 is 4.90 Å². The van der Waals surface area contributed by atoms with Gasteiger partial charge in [-0.2, -0.15) is 0 Å². The lowest BCUT2D eigenvalue weighted by Gasteiger charge is -2.27. The Morgan fingerprint density at radius 2 is 1.95 bits per heavy atom. The van der Waals surface area contributed by atoms with Crippen molar-refractivity contribution in [3.05, 3.63) is 62.6 Å². The average molecular weight is 363 g/mol. The van der Waals surface area contributed by atoms with Gasteiger partial charge in [0.1, 0.15) is 6.29 Å². The Bertz CT molecular complexity index is 727. The number of rotatable bonds is 2. The molecule has 0 saturated carbocycles. The van der Waals surface area contributed by atoms with Gasteiger partial charge in [0.2, 0.25) is 0 Å². The second kappa shape index (κ2) is 6.04.